The average Bonchev–Trinajstić information content (AvgIpc) is 1.67. The Morgan fingerprint density at radius 2 is 1.89 bits per heavy atom. The van der Waals surface area contributed by atoms with Crippen LogP contribution in [0.3, 0.4) is 0 Å². The van der Waals surface area contributed by atoms with Gasteiger partial charge in [-0.3, -0.25) is 0 Å². The zero-order valence-electron chi connectivity index (χ0n) is 6.31. The van der Waals surface area contributed by atoms with Gasteiger partial charge in [-0.1, -0.05) is 6.92 Å². The van der Waals surface area contributed by atoms with Crippen LogP contribution in [0.2, 0.25) is 0 Å². The molecule has 0 aliphatic rings. The van der Waals surface area contributed by atoms with Crippen LogP contribution in [0.1, 0.15) is 33.6 Å². The Bertz CT molecular complexity index is 77.0. The van der Waals surface area contributed by atoms with Gasteiger partial charge >= 0.3 is 0 Å². The molecule has 0 aromatic heterocycles. The van der Waals surface area contributed by atoms with Crippen molar-refractivity contribution in [2.75, 3.05) is 0 Å². The quantitative estimate of drug-likeness (QED) is 0.532. The van der Waals surface area contributed by atoms with Crippen LogP contribution in [0.4, 0.5) is 0 Å². The normalized spacial score (nSPS) is 7.00. The second-order valence-electron chi connectivity index (χ2n) is 1.69. The van der Waals surface area contributed by atoms with E-state index >= 15 is 0 Å². The van der Waals surface area contributed by atoms with E-state index < -0.39 is 0 Å². The Labute approximate surface area is 56.3 Å². The van der Waals surface area contributed by atoms with Crippen molar-refractivity contribution in [2.45, 2.75) is 33.6 Å². The summed E-state index contributed by atoms with van der Waals surface area (Å²) >= 11 is 0. The zero-order valence-corrected chi connectivity index (χ0v) is 6.31. The molecule has 0 spiro atoms. The van der Waals surface area contributed by atoms with Crippen LogP contribution in [-0.2, 0) is 9.59 Å². The maximum absolute atomic E-state index is 10.0. The molecule has 0 aliphatic heterocycles. The summed E-state index contributed by atoms with van der Waals surface area (Å²) in [5.41, 5.74) is 0. The van der Waals surface area contributed by atoms with E-state index in [9.17, 15) is 4.79 Å². The van der Waals surface area contributed by atoms with Crippen molar-refractivity contribution >= 4 is 12.1 Å². The molecule has 0 N–H and O–H groups in total. The first kappa shape index (κ1) is 11.2. The predicted octanol–water partition coefficient (Wildman–Crippen LogP) is 1.58. The van der Waals surface area contributed by atoms with Crippen LogP contribution in [0.15, 0.2) is 0 Å². The maximum Gasteiger partial charge on any atom is 0.129 e. The van der Waals surface area contributed by atoms with Crippen molar-refractivity contribution in [3.8, 4) is 0 Å². The molecule has 9 heavy (non-hydrogen) atoms. The van der Waals surface area contributed by atoms with Gasteiger partial charge in [0, 0.05) is 6.42 Å². The third-order valence-corrected chi connectivity index (χ3v) is 0.602. The van der Waals surface area contributed by atoms with E-state index in [4.69, 9.17) is 4.79 Å². The van der Waals surface area contributed by atoms with E-state index in [-0.39, 0.29) is 5.78 Å². The van der Waals surface area contributed by atoms with Crippen molar-refractivity contribution in [3.05, 3.63) is 0 Å². The smallest absolute Gasteiger partial charge is 0.129 e. The molecule has 54 valence electrons. The standard InChI is InChI=1S/C5H10O.C2H4O/c1-3-4-5(2)6;1-2-3/h3-4H2,1-2H3;2H,1H3. The average molecular weight is 130 g/mol. The van der Waals surface area contributed by atoms with Crippen LogP contribution >= 0.6 is 0 Å². The molecule has 2 nitrogen and oxygen atoms in total. The predicted molar refractivity (Wildman–Crippen MR) is 37.3 cm³/mol. The molecule has 2 heteroatoms. The van der Waals surface area contributed by atoms with Gasteiger partial charge in [0.2, 0.25) is 0 Å². The molecule has 0 saturated heterocycles. The molecule has 0 amide bonds. The minimum Gasteiger partial charge on any atom is -0.304 e. The first-order chi connectivity index (χ1) is 4.18. The minimum atomic E-state index is 0.289. The highest BCUT2D eigenvalue weighted by Gasteiger charge is 1.83. The highest BCUT2D eigenvalue weighted by molar-refractivity contribution is 5.75. The van der Waals surface area contributed by atoms with Gasteiger partial charge in [0.25, 0.3) is 0 Å². The highest BCUT2D eigenvalue weighted by Crippen LogP contribution is 1.84. The van der Waals surface area contributed by atoms with Crippen molar-refractivity contribution in [1.29, 1.82) is 0 Å². The second kappa shape index (κ2) is 10.3. The number of aldehydes is 1. The van der Waals surface area contributed by atoms with E-state index in [0.717, 1.165) is 19.1 Å². The van der Waals surface area contributed by atoms with Crippen LogP contribution in [0.25, 0.3) is 0 Å². The number of Topliss-reactive ketones (excluding diaryl/α,β-unsaturated/α-hetero) is 1. The van der Waals surface area contributed by atoms with Gasteiger partial charge in [0.1, 0.15) is 12.1 Å². The first-order valence-electron chi connectivity index (χ1n) is 3.08. The third kappa shape index (κ3) is 38.2. The number of ketones is 1. The molecule has 0 saturated carbocycles. The molecule has 0 aliphatic carbocycles. The Morgan fingerprint density at radius 3 is 1.89 bits per heavy atom. The summed E-state index contributed by atoms with van der Waals surface area (Å²) in [6, 6.07) is 0. The fourth-order valence-corrected chi connectivity index (χ4v) is 0.352. The first-order valence-corrected chi connectivity index (χ1v) is 3.08. The number of carbonyl (C=O) groups is 2. The molecule has 0 aromatic rings. The van der Waals surface area contributed by atoms with Crippen LogP contribution in [0, 0.1) is 0 Å². The Kier molecular flexibility index (Phi) is 12.9. The Morgan fingerprint density at radius 1 is 1.56 bits per heavy atom. The third-order valence-electron chi connectivity index (χ3n) is 0.602. The van der Waals surface area contributed by atoms with Crippen LogP contribution < -0.4 is 0 Å². The van der Waals surface area contributed by atoms with Gasteiger partial charge in [-0.25, -0.2) is 0 Å². The van der Waals surface area contributed by atoms with Gasteiger partial charge in [-0.2, -0.15) is 0 Å². The largest absolute Gasteiger partial charge is 0.304 e. The fraction of sp³-hybridized carbons (Fsp3) is 0.714. The topological polar surface area (TPSA) is 34.1 Å². The van der Waals surface area contributed by atoms with E-state index in [0.29, 0.717) is 0 Å². The van der Waals surface area contributed by atoms with E-state index in [2.05, 4.69) is 0 Å². The van der Waals surface area contributed by atoms with E-state index in [1.54, 1.807) is 6.92 Å². The lowest BCUT2D eigenvalue weighted by Gasteiger charge is -1.80. The van der Waals surface area contributed by atoms with Gasteiger partial charge in [0.05, 0.1) is 0 Å². The van der Waals surface area contributed by atoms with Crippen molar-refractivity contribution in [3.63, 3.8) is 0 Å². The monoisotopic (exact) mass is 130 g/mol. The highest BCUT2D eigenvalue weighted by atomic mass is 16.1. The summed E-state index contributed by atoms with van der Waals surface area (Å²) < 4.78 is 0. The molecule has 0 atom stereocenters. The molecule has 0 aromatic carbocycles. The summed E-state index contributed by atoms with van der Waals surface area (Å²) in [6.07, 6.45) is 2.47. The fourth-order valence-electron chi connectivity index (χ4n) is 0.352. The van der Waals surface area contributed by atoms with E-state index in [1.807, 2.05) is 6.92 Å². The Hall–Kier alpha value is -0.660. The molecule has 0 unspecified atom stereocenters. The molecule has 0 bridgehead atoms. The Balaban J connectivity index is 0. The number of carbonyl (C=O) groups excluding carboxylic acids is 2. The lowest BCUT2D eigenvalue weighted by molar-refractivity contribution is -0.117. The van der Waals surface area contributed by atoms with Crippen molar-refractivity contribution < 1.29 is 9.59 Å². The van der Waals surface area contributed by atoms with Crippen molar-refractivity contribution in [1.82, 2.24) is 0 Å². The second-order valence-corrected chi connectivity index (χ2v) is 1.69. The van der Waals surface area contributed by atoms with Crippen LogP contribution in [0.5, 0.6) is 0 Å². The van der Waals surface area contributed by atoms with Gasteiger partial charge in [-0.05, 0) is 20.3 Å². The lowest BCUT2D eigenvalue weighted by atomic mass is 10.3. The zero-order chi connectivity index (χ0) is 7.70. The molecule has 0 rings (SSSR count). The van der Waals surface area contributed by atoms with Crippen LogP contribution in [-0.4, -0.2) is 12.1 Å². The maximum atomic E-state index is 10.0. The van der Waals surface area contributed by atoms with Gasteiger partial charge < -0.3 is 9.59 Å². The minimum absolute atomic E-state index is 0.289. The van der Waals surface area contributed by atoms with Crippen molar-refractivity contribution in [2.24, 2.45) is 0 Å². The number of rotatable bonds is 2. The molecular formula is C7H14O2. The number of hydrogen-bond donors (Lipinski definition) is 0. The molecule has 0 fully saturated rings. The van der Waals surface area contributed by atoms with Gasteiger partial charge in [-0.15, -0.1) is 0 Å². The molecule has 0 radical (unpaired) electrons. The summed E-state index contributed by atoms with van der Waals surface area (Å²) in [4.78, 5) is 18.8. The summed E-state index contributed by atoms with van der Waals surface area (Å²) in [5, 5.41) is 0. The summed E-state index contributed by atoms with van der Waals surface area (Å²) in [5.74, 6) is 0.289. The lowest BCUT2D eigenvalue weighted by Crippen LogP contribution is -1.84. The number of hydrogen-bond acceptors (Lipinski definition) is 2. The van der Waals surface area contributed by atoms with Gasteiger partial charge in [0.15, 0.2) is 0 Å². The summed E-state index contributed by atoms with van der Waals surface area (Å²) in [6.45, 7) is 5.06. The van der Waals surface area contributed by atoms with E-state index in [1.165, 1.54) is 6.92 Å². The SMILES string of the molecule is CC=O.CCCC(C)=O. The molecular weight excluding hydrogens is 116 g/mol. The molecule has 0 heterocycles. The summed E-state index contributed by atoms with van der Waals surface area (Å²) in [7, 11) is 0.